The summed E-state index contributed by atoms with van der Waals surface area (Å²) in [5.41, 5.74) is 0.578. The third-order valence-electron chi connectivity index (χ3n) is 6.71. The van der Waals surface area contributed by atoms with E-state index in [2.05, 4.69) is 10.6 Å². The first-order valence-electron chi connectivity index (χ1n) is 10.2. The van der Waals surface area contributed by atoms with Gasteiger partial charge in [0.1, 0.15) is 5.54 Å². The summed E-state index contributed by atoms with van der Waals surface area (Å²) >= 11 is 12.5. The lowest BCUT2D eigenvalue weighted by Gasteiger charge is -2.30. The quantitative estimate of drug-likeness (QED) is 0.690. The molecule has 6 nitrogen and oxygen atoms in total. The van der Waals surface area contributed by atoms with Crippen LogP contribution in [0.1, 0.15) is 25.0 Å². The average Bonchev–Trinajstić information content (AvgIpc) is 3.31. The molecule has 3 aliphatic heterocycles. The fraction of sp³-hybridized carbons (Fsp3) is 0.348. The number of amides is 3. The van der Waals surface area contributed by atoms with Crippen molar-refractivity contribution in [2.75, 3.05) is 5.32 Å². The SMILES string of the molecule is CC(C)[C@@H]1N[C@]2(C(=O)Nc3ccc(Cl)cc32)[C@@H]2C(=O)N(Cc3ccccc3Cl)C(=O)[C@@H]21. The number of hydrogen-bond donors (Lipinski definition) is 2. The molecular formula is C23H21Cl2N3O3. The summed E-state index contributed by atoms with van der Waals surface area (Å²) in [6, 6.07) is 11.9. The highest BCUT2D eigenvalue weighted by atomic mass is 35.5. The van der Waals surface area contributed by atoms with Crippen LogP contribution in [-0.4, -0.2) is 28.7 Å². The van der Waals surface area contributed by atoms with Gasteiger partial charge in [0.2, 0.25) is 17.7 Å². The predicted molar refractivity (Wildman–Crippen MR) is 118 cm³/mol. The first-order chi connectivity index (χ1) is 14.8. The fourth-order valence-corrected chi connectivity index (χ4v) is 5.66. The summed E-state index contributed by atoms with van der Waals surface area (Å²) < 4.78 is 0. The summed E-state index contributed by atoms with van der Waals surface area (Å²) in [7, 11) is 0. The Hall–Kier alpha value is -2.41. The van der Waals surface area contributed by atoms with E-state index in [-0.39, 0.29) is 36.2 Å². The minimum absolute atomic E-state index is 0.0277. The van der Waals surface area contributed by atoms with E-state index in [0.29, 0.717) is 26.9 Å². The van der Waals surface area contributed by atoms with Crippen LogP contribution in [0.15, 0.2) is 42.5 Å². The molecule has 0 bridgehead atoms. The maximum atomic E-state index is 13.7. The maximum Gasteiger partial charge on any atom is 0.250 e. The van der Waals surface area contributed by atoms with Gasteiger partial charge in [-0.05, 0) is 35.7 Å². The van der Waals surface area contributed by atoms with Gasteiger partial charge in [0.15, 0.2) is 0 Å². The van der Waals surface area contributed by atoms with Crippen LogP contribution in [0.5, 0.6) is 0 Å². The van der Waals surface area contributed by atoms with E-state index in [1.54, 1.807) is 36.4 Å². The van der Waals surface area contributed by atoms with Crippen LogP contribution >= 0.6 is 23.2 Å². The van der Waals surface area contributed by atoms with Crippen molar-refractivity contribution in [1.29, 1.82) is 0 Å². The number of carbonyl (C=O) groups is 3. The summed E-state index contributed by atoms with van der Waals surface area (Å²) in [5.74, 6) is -2.45. The second kappa shape index (κ2) is 7.05. The van der Waals surface area contributed by atoms with E-state index >= 15 is 0 Å². The number of fused-ring (bicyclic) bond motifs is 4. The number of anilines is 1. The molecule has 31 heavy (non-hydrogen) atoms. The number of carbonyl (C=O) groups excluding carboxylic acids is 3. The van der Waals surface area contributed by atoms with Crippen molar-refractivity contribution in [2.45, 2.75) is 32.0 Å². The Labute approximate surface area is 189 Å². The number of benzene rings is 2. The van der Waals surface area contributed by atoms with Crippen LogP contribution in [-0.2, 0) is 26.5 Å². The molecule has 4 atom stereocenters. The highest BCUT2D eigenvalue weighted by Gasteiger charge is 2.70. The molecule has 2 saturated heterocycles. The number of hydrogen-bond acceptors (Lipinski definition) is 4. The van der Waals surface area contributed by atoms with E-state index < -0.39 is 17.4 Å². The molecule has 3 amide bonds. The van der Waals surface area contributed by atoms with Gasteiger partial charge < -0.3 is 5.32 Å². The minimum Gasteiger partial charge on any atom is -0.324 e. The van der Waals surface area contributed by atoms with Crippen LogP contribution in [0.2, 0.25) is 10.0 Å². The molecule has 3 aliphatic rings. The second-order valence-corrected chi connectivity index (χ2v) is 9.57. The monoisotopic (exact) mass is 457 g/mol. The van der Waals surface area contributed by atoms with Gasteiger partial charge in [0.05, 0.1) is 18.4 Å². The number of nitrogens with one attached hydrogen (secondary N) is 2. The van der Waals surface area contributed by atoms with Crippen molar-refractivity contribution in [3.63, 3.8) is 0 Å². The Morgan fingerprint density at radius 1 is 1.06 bits per heavy atom. The van der Waals surface area contributed by atoms with Crippen LogP contribution in [0.25, 0.3) is 0 Å². The molecule has 2 fully saturated rings. The van der Waals surface area contributed by atoms with Crippen LogP contribution in [0.3, 0.4) is 0 Å². The zero-order chi connectivity index (χ0) is 22.1. The fourth-order valence-electron chi connectivity index (χ4n) is 5.29. The molecular weight excluding hydrogens is 437 g/mol. The summed E-state index contributed by atoms with van der Waals surface area (Å²) in [4.78, 5) is 41.8. The Kier molecular flexibility index (Phi) is 4.66. The van der Waals surface area contributed by atoms with Gasteiger partial charge >= 0.3 is 0 Å². The van der Waals surface area contributed by atoms with Gasteiger partial charge in [0, 0.05) is 27.3 Å². The third kappa shape index (κ3) is 2.78. The smallest absolute Gasteiger partial charge is 0.250 e. The Morgan fingerprint density at radius 3 is 2.52 bits per heavy atom. The van der Waals surface area contributed by atoms with Crippen molar-refractivity contribution in [3.05, 3.63) is 63.6 Å². The molecule has 0 aromatic heterocycles. The first-order valence-corrected chi connectivity index (χ1v) is 11.0. The van der Waals surface area contributed by atoms with Crippen molar-refractivity contribution < 1.29 is 14.4 Å². The van der Waals surface area contributed by atoms with Gasteiger partial charge in [-0.2, -0.15) is 0 Å². The normalized spacial score (nSPS) is 29.1. The summed E-state index contributed by atoms with van der Waals surface area (Å²) in [6.07, 6.45) is 0. The minimum atomic E-state index is -1.33. The lowest BCUT2D eigenvalue weighted by molar-refractivity contribution is -0.143. The number of rotatable bonds is 3. The zero-order valence-corrected chi connectivity index (χ0v) is 18.5. The van der Waals surface area contributed by atoms with E-state index in [9.17, 15) is 14.4 Å². The molecule has 2 aromatic rings. The van der Waals surface area contributed by atoms with Crippen LogP contribution < -0.4 is 10.6 Å². The number of halogens is 2. The predicted octanol–water partition coefficient (Wildman–Crippen LogP) is 3.57. The maximum absolute atomic E-state index is 13.7. The largest absolute Gasteiger partial charge is 0.324 e. The van der Waals surface area contributed by atoms with Crippen molar-refractivity contribution in [2.24, 2.45) is 17.8 Å². The zero-order valence-electron chi connectivity index (χ0n) is 17.0. The van der Waals surface area contributed by atoms with Gasteiger partial charge in [-0.15, -0.1) is 0 Å². The average molecular weight is 458 g/mol. The number of nitrogens with zero attached hydrogens (tertiary/aromatic N) is 1. The molecule has 0 radical (unpaired) electrons. The Balaban J connectivity index is 1.63. The Morgan fingerprint density at radius 2 is 1.81 bits per heavy atom. The lowest BCUT2D eigenvalue weighted by atomic mass is 9.76. The van der Waals surface area contributed by atoms with E-state index in [0.717, 1.165) is 0 Å². The highest BCUT2D eigenvalue weighted by Crippen LogP contribution is 2.54. The van der Waals surface area contributed by atoms with E-state index in [4.69, 9.17) is 23.2 Å². The molecule has 2 N–H and O–H groups in total. The molecule has 1 spiro atoms. The molecule has 8 heteroatoms. The topological polar surface area (TPSA) is 78.5 Å². The van der Waals surface area contributed by atoms with E-state index in [1.165, 1.54) is 4.90 Å². The summed E-state index contributed by atoms with van der Waals surface area (Å²) in [6.45, 7) is 4.04. The second-order valence-electron chi connectivity index (χ2n) is 8.72. The molecule has 0 unspecified atom stereocenters. The van der Waals surface area contributed by atoms with Crippen molar-refractivity contribution in [1.82, 2.24) is 10.2 Å². The molecule has 0 aliphatic carbocycles. The Bertz CT molecular complexity index is 1130. The summed E-state index contributed by atoms with van der Waals surface area (Å²) in [5, 5.41) is 7.22. The molecule has 3 heterocycles. The van der Waals surface area contributed by atoms with Crippen LogP contribution in [0.4, 0.5) is 5.69 Å². The highest BCUT2D eigenvalue weighted by molar-refractivity contribution is 6.31. The van der Waals surface area contributed by atoms with Gasteiger partial charge in [-0.1, -0.05) is 55.2 Å². The van der Waals surface area contributed by atoms with Crippen molar-refractivity contribution in [3.8, 4) is 0 Å². The van der Waals surface area contributed by atoms with Gasteiger partial charge in [-0.25, -0.2) is 0 Å². The molecule has 2 aromatic carbocycles. The molecule has 160 valence electrons. The standard InChI is InChI=1S/C23H21Cl2N3O3/c1-11(2)19-17-18(21(30)28(20(17)29)10-12-5-3-4-6-15(12)25)23(27-19)14-9-13(24)7-8-16(14)26-22(23)31/h3-9,11,17-19,27H,10H2,1-2H3,(H,26,31)/t17-,18-,19-,23-/m0/s1. The van der Waals surface area contributed by atoms with Crippen LogP contribution in [0, 0.1) is 17.8 Å². The van der Waals surface area contributed by atoms with E-state index in [1.807, 2.05) is 19.9 Å². The number of imide groups is 1. The third-order valence-corrected chi connectivity index (χ3v) is 7.31. The van der Waals surface area contributed by atoms with Crippen molar-refractivity contribution >= 4 is 46.6 Å². The molecule has 5 rings (SSSR count). The number of likely N-dealkylation sites (tertiary alicyclic amines) is 1. The lowest BCUT2D eigenvalue weighted by Crippen LogP contribution is -2.53. The van der Waals surface area contributed by atoms with Gasteiger partial charge in [0.25, 0.3) is 0 Å². The molecule has 0 saturated carbocycles. The van der Waals surface area contributed by atoms with Gasteiger partial charge in [-0.3, -0.25) is 24.6 Å². The first kappa shape index (κ1) is 20.5.